The van der Waals surface area contributed by atoms with Crippen molar-refractivity contribution in [2.45, 2.75) is 23.6 Å². The van der Waals surface area contributed by atoms with Crippen LogP contribution in [0.1, 0.15) is 11.1 Å². The number of thioether (sulfide) groups is 1. The maximum Gasteiger partial charge on any atom is 0.0466 e. The van der Waals surface area contributed by atoms with Crippen LogP contribution >= 0.6 is 35.0 Å². The molecule has 0 amide bonds. The average molecular weight is 339 g/mol. The number of benzene rings is 2. The van der Waals surface area contributed by atoms with Gasteiger partial charge in [-0.2, -0.15) is 11.8 Å². The van der Waals surface area contributed by atoms with Gasteiger partial charge in [0.1, 0.15) is 0 Å². The van der Waals surface area contributed by atoms with E-state index >= 15 is 0 Å². The van der Waals surface area contributed by atoms with Gasteiger partial charge >= 0.3 is 0 Å². The molecule has 3 heteroatoms. The van der Waals surface area contributed by atoms with Crippen LogP contribution in [-0.4, -0.2) is 22.3 Å². The minimum atomic E-state index is 0.165. The molecule has 0 bridgehead atoms. The standard InChI is InChI=1S/C18H20Cl2S/c19-17(11-15-7-3-1-4-8-15)13-21-14-18(20)12-16-9-5-2-6-10-16/h1-10,17-18H,11-14H2/t17-,18-/m0/s1. The highest BCUT2D eigenvalue weighted by Crippen LogP contribution is 2.18. The van der Waals surface area contributed by atoms with Gasteiger partial charge in [0, 0.05) is 22.3 Å². The van der Waals surface area contributed by atoms with Crippen LogP contribution in [-0.2, 0) is 12.8 Å². The molecule has 2 atom stereocenters. The average Bonchev–Trinajstić information content (AvgIpc) is 2.49. The Morgan fingerprint density at radius 3 is 1.43 bits per heavy atom. The van der Waals surface area contributed by atoms with Crippen molar-refractivity contribution in [2.75, 3.05) is 11.5 Å². The predicted octanol–water partition coefficient (Wildman–Crippen LogP) is 5.42. The number of alkyl halides is 2. The van der Waals surface area contributed by atoms with Gasteiger partial charge in [-0.25, -0.2) is 0 Å². The topological polar surface area (TPSA) is 0 Å². The molecule has 2 aromatic carbocycles. The van der Waals surface area contributed by atoms with Crippen LogP contribution in [0.15, 0.2) is 60.7 Å². The largest absolute Gasteiger partial charge is 0.159 e. The number of halogens is 2. The quantitative estimate of drug-likeness (QED) is 0.579. The molecular formula is C18H20Cl2S. The van der Waals surface area contributed by atoms with Crippen LogP contribution in [0.25, 0.3) is 0 Å². The molecule has 0 aliphatic rings. The fraction of sp³-hybridized carbons (Fsp3) is 0.333. The third kappa shape index (κ3) is 6.78. The van der Waals surface area contributed by atoms with E-state index in [1.165, 1.54) is 11.1 Å². The first-order valence-corrected chi connectivity index (χ1v) is 9.20. The zero-order valence-electron chi connectivity index (χ0n) is 11.9. The second-order valence-electron chi connectivity index (χ2n) is 5.11. The normalized spacial score (nSPS) is 13.8. The zero-order valence-corrected chi connectivity index (χ0v) is 14.2. The van der Waals surface area contributed by atoms with E-state index in [1.807, 2.05) is 23.9 Å². The van der Waals surface area contributed by atoms with E-state index in [9.17, 15) is 0 Å². The summed E-state index contributed by atoms with van der Waals surface area (Å²) in [5.41, 5.74) is 2.59. The first kappa shape index (κ1) is 16.7. The molecule has 21 heavy (non-hydrogen) atoms. The third-order valence-electron chi connectivity index (χ3n) is 3.20. The Kier molecular flexibility index (Phi) is 7.49. The number of hydrogen-bond donors (Lipinski definition) is 0. The summed E-state index contributed by atoms with van der Waals surface area (Å²) in [6, 6.07) is 20.8. The number of hydrogen-bond acceptors (Lipinski definition) is 1. The molecule has 0 unspecified atom stereocenters. The summed E-state index contributed by atoms with van der Waals surface area (Å²) in [5.74, 6) is 1.88. The summed E-state index contributed by atoms with van der Waals surface area (Å²) in [5, 5.41) is 0.330. The van der Waals surface area contributed by atoms with Crippen LogP contribution in [0.3, 0.4) is 0 Å². The maximum absolute atomic E-state index is 6.40. The maximum atomic E-state index is 6.40. The van der Waals surface area contributed by atoms with Crippen molar-refractivity contribution in [2.24, 2.45) is 0 Å². The molecule has 0 radical (unpaired) electrons. The molecule has 0 fully saturated rings. The van der Waals surface area contributed by atoms with Gasteiger partial charge in [-0.05, 0) is 24.0 Å². The van der Waals surface area contributed by atoms with E-state index in [0.29, 0.717) is 0 Å². The molecule has 112 valence electrons. The van der Waals surface area contributed by atoms with Gasteiger partial charge in [-0.3, -0.25) is 0 Å². The van der Waals surface area contributed by atoms with Crippen LogP contribution in [0, 0.1) is 0 Å². The molecule has 2 rings (SSSR count). The molecule has 0 saturated carbocycles. The van der Waals surface area contributed by atoms with E-state index in [1.54, 1.807) is 0 Å². The van der Waals surface area contributed by atoms with Gasteiger partial charge in [0.25, 0.3) is 0 Å². The fourth-order valence-electron chi connectivity index (χ4n) is 2.18. The summed E-state index contributed by atoms with van der Waals surface area (Å²) in [6.45, 7) is 0. The Morgan fingerprint density at radius 2 is 1.05 bits per heavy atom. The lowest BCUT2D eigenvalue weighted by Crippen LogP contribution is -2.11. The van der Waals surface area contributed by atoms with Crippen LogP contribution in [0.4, 0.5) is 0 Å². The summed E-state index contributed by atoms with van der Waals surface area (Å²) in [6.07, 6.45) is 1.84. The highest BCUT2D eigenvalue weighted by atomic mass is 35.5. The van der Waals surface area contributed by atoms with Gasteiger partial charge in [0.2, 0.25) is 0 Å². The van der Waals surface area contributed by atoms with E-state index in [0.717, 1.165) is 24.3 Å². The molecule has 0 heterocycles. The van der Waals surface area contributed by atoms with Gasteiger partial charge in [-0.1, -0.05) is 60.7 Å². The molecule has 2 aromatic rings. The Hall–Kier alpha value is -0.630. The van der Waals surface area contributed by atoms with E-state index in [-0.39, 0.29) is 10.8 Å². The SMILES string of the molecule is Cl[C@H](CSC[C@@H](Cl)Cc1ccccc1)Cc1ccccc1. The third-order valence-corrected chi connectivity index (χ3v) is 5.46. The van der Waals surface area contributed by atoms with Crippen LogP contribution < -0.4 is 0 Å². The lowest BCUT2D eigenvalue weighted by atomic mass is 10.1. The monoisotopic (exact) mass is 338 g/mol. The smallest absolute Gasteiger partial charge is 0.0466 e. The van der Waals surface area contributed by atoms with Crippen LogP contribution in [0.5, 0.6) is 0 Å². The van der Waals surface area contributed by atoms with Gasteiger partial charge in [-0.15, -0.1) is 23.2 Å². The molecule has 0 spiro atoms. The minimum Gasteiger partial charge on any atom is -0.159 e. The summed E-state index contributed by atoms with van der Waals surface area (Å²) in [4.78, 5) is 0. The van der Waals surface area contributed by atoms with E-state index in [2.05, 4.69) is 48.5 Å². The lowest BCUT2D eigenvalue weighted by molar-refractivity contribution is 0.924. The second-order valence-corrected chi connectivity index (χ2v) is 7.42. The molecular weight excluding hydrogens is 319 g/mol. The van der Waals surface area contributed by atoms with Crippen molar-refractivity contribution in [1.82, 2.24) is 0 Å². The highest BCUT2D eigenvalue weighted by Gasteiger charge is 2.10. The Balaban J connectivity index is 1.64. The van der Waals surface area contributed by atoms with Crippen molar-refractivity contribution < 1.29 is 0 Å². The van der Waals surface area contributed by atoms with Crippen molar-refractivity contribution in [1.29, 1.82) is 0 Å². The van der Waals surface area contributed by atoms with Crippen molar-refractivity contribution >= 4 is 35.0 Å². The predicted molar refractivity (Wildman–Crippen MR) is 96.9 cm³/mol. The fourth-order valence-corrected chi connectivity index (χ4v) is 3.96. The molecule has 0 aromatic heterocycles. The first-order valence-electron chi connectivity index (χ1n) is 7.18. The second kappa shape index (κ2) is 9.40. The summed E-state index contributed by atoms with van der Waals surface area (Å²) >= 11 is 14.6. The van der Waals surface area contributed by atoms with E-state index < -0.39 is 0 Å². The van der Waals surface area contributed by atoms with Crippen molar-refractivity contribution in [3.8, 4) is 0 Å². The molecule has 0 N–H and O–H groups in total. The highest BCUT2D eigenvalue weighted by molar-refractivity contribution is 7.99. The summed E-state index contributed by atoms with van der Waals surface area (Å²) in [7, 11) is 0. The van der Waals surface area contributed by atoms with Crippen molar-refractivity contribution in [3.63, 3.8) is 0 Å². The van der Waals surface area contributed by atoms with Gasteiger partial charge in [0.15, 0.2) is 0 Å². The first-order chi connectivity index (χ1) is 10.2. The zero-order chi connectivity index (χ0) is 14.9. The molecule has 0 aliphatic heterocycles. The lowest BCUT2D eigenvalue weighted by Gasteiger charge is -2.12. The molecule has 0 nitrogen and oxygen atoms in total. The molecule has 0 saturated heterocycles. The van der Waals surface area contributed by atoms with Crippen LogP contribution in [0.2, 0.25) is 0 Å². The summed E-state index contributed by atoms with van der Waals surface area (Å²) < 4.78 is 0. The van der Waals surface area contributed by atoms with Gasteiger partial charge < -0.3 is 0 Å². The van der Waals surface area contributed by atoms with Gasteiger partial charge in [0.05, 0.1) is 0 Å². The minimum absolute atomic E-state index is 0.165. The molecule has 0 aliphatic carbocycles. The Labute approximate surface area is 141 Å². The Bertz CT molecular complexity index is 454. The number of rotatable bonds is 8. The Morgan fingerprint density at radius 1 is 0.667 bits per heavy atom. The van der Waals surface area contributed by atoms with Crippen molar-refractivity contribution in [3.05, 3.63) is 71.8 Å². The van der Waals surface area contributed by atoms with E-state index in [4.69, 9.17) is 23.2 Å².